The lowest BCUT2D eigenvalue weighted by atomic mass is 10.2. The van der Waals surface area contributed by atoms with Crippen LogP contribution >= 0.6 is 27.7 Å². The van der Waals surface area contributed by atoms with E-state index in [1.165, 1.54) is 0 Å². The van der Waals surface area contributed by atoms with E-state index in [-0.39, 0.29) is 0 Å². The fourth-order valence-corrected chi connectivity index (χ4v) is 2.81. The maximum atomic E-state index is 8.81. The Morgan fingerprint density at radius 1 is 1.40 bits per heavy atom. The van der Waals surface area contributed by atoms with Gasteiger partial charge in [-0.25, -0.2) is 0 Å². The Bertz CT molecular complexity index is 371. The number of hydrogen-bond acceptors (Lipinski definition) is 3. The van der Waals surface area contributed by atoms with Crippen LogP contribution in [0.15, 0.2) is 27.6 Å². The Labute approximate surface area is 103 Å². The van der Waals surface area contributed by atoms with E-state index in [0.29, 0.717) is 5.56 Å². The van der Waals surface area contributed by atoms with Crippen LogP contribution in [0.25, 0.3) is 0 Å². The van der Waals surface area contributed by atoms with Gasteiger partial charge in [0.1, 0.15) is 0 Å². The first-order valence-corrected chi connectivity index (χ1v) is 6.38. The van der Waals surface area contributed by atoms with Crippen LogP contribution in [-0.4, -0.2) is 31.3 Å². The SMILES string of the molecule is CN(C)CCSc1cc(Br)cc(C#N)c1. The molecule has 2 nitrogen and oxygen atoms in total. The van der Waals surface area contributed by atoms with Crippen LogP contribution in [-0.2, 0) is 0 Å². The number of hydrogen-bond donors (Lipinski definition) is 0. The summed E-state index contributed by atoms with van der Waals surface area (Å²) in [4.78, 5) is 3.29. The quantitative estimate of drug-likeness (QED) is 0.796. The molecule has 15 heavy (non-hydrogen) atoms. The van der Waals surface area contributed by atoms with Gasteiger partial charge in [-0.3, -0.25) is 0 Å². The van der Waals surface area contributed by atoms with Crippen LogP contribution in [0.3, 0.4) is 0 Å². The summed E-state index contributed by atoms with van der Waals surface area (Å²) in [5, 5.41) is 8.81. The molecule has 0 fully saturated rings. The van der Waals surface area contributed by atoms with Crippen molar-refractivity contribution in [3.8, 4) is 6.07 Å². The van der Waals surface area contributed by atoms with E-state index in [1.807, 2.05) is 18.2 Å². The second kappa shape index (κ2) is 6.16. The van der Waals surface area contributed by atoms with Crippen LogP contribution in [0.2, 0.25) is 0 Å². The van der Waals surface area contributed by atoms with Crippen molar-refractivity contribution in [1.29, 1.82) is 5.26 Å². The molecular formula is C11H13BrN2S. The number of nitrogens with zero attached hydrogens (tertiary/aromatic N) is 2. The molecule has 0 atom stereocenters. The predicted molar refractivity (Wildman–Crippen MR) is 68.1 cm³/mol. The minimum absolute atomic E-state index is 0.705. The number of halogens is 1. The Balaban J connectivity index is 2.61. The molecule has 0 heterocycles. The zero-order valence-electron chi connectivity index (χ0n) is 8.83. The molecule has 1 rings (SSSR count). The van der Waals surface area contributed by atoms with Gasteiger partial charge in [-0.1, -0.05) is 15.9 Å². The minimum atomic E-state index is 0.705. The number of nitriles is 1. The smallest absolute Gasteiger partial charge is 0.0992 e. The van der Waals surface area contributed by atoms with Crippen LogP contribution in [0.4, 0.5) is 0 Å². The lowest BCUT2D eigenvalue weighted by Crippen LogP contribution is -2.14. The van der Waals surface area contributed by atoms with Crippen LogP contribution in [0.5, 0.6) is 0 Å². The monoisotopic (exact) mass is 284 g/mol. The predicted octanol–water partition coefficient (Wildman–Crippen LogP) is 2.97. The van der Waals surface area contributed by atoms with Gasteiger partial charge in [-0.05, 0) is 32.3 Å². The van der Waals surface area contributed by atoms with Crippen LogP contribution in [0.1, 0.15) is 5.56 Å². The summed E-state index contributed by atoms with van der Waals surface area (Å²) in [7, 11) is 4.12. The molecule has 1 aromatic rings. The topological polar surface area (TPSA) is 27.0 Å². The average Bonchev–Trinajstić information content (AvgIpc) is 2.16. The summed E-state index contributed by atoms with van der Waals surface area (Å²) in [5.74, 6) is 1.04. The zero-order valence-corrected chi connectivity index (χ0v) is 11.2. The molecule has 0 spiro atoms. The lowest BCUT2D eigenvalue weighted by Gasteiger charge is -2.08. The molecule has 0 N–H and O–H groups in total. The van der Waals surface area contributed by atoms with Crippen molar-refractivity contribution in [2.45, 2.75) is 4.90 Å². The largest absolute Gasteiger partial charge is 0.309 e. The molecule has 0 saturated carbocycles. The minimum Gasteiger partial charge on any atom is -0.309 e. The molecule has 4 heteroatoms. The van der Waals surface area contributed by atoms with Gasteiger partial charge >= 0.3 is 0 Å². The number of thioether (sulfide) groups is 1. The van der Waals surface area contributed by atoms with Gasteiger partial charge in [0.25, 0.3) is 0 Å². The van der Waals surface area contributed by atoms with E-state index >= 15 is 0 Å². The molecular weight excluding hydrogens is 272 g/mol. The zero-order chi connectivity index (χ0) is 11.3. The van der Waals surface area contributed by atoms with E-state index < -0.39 is 0 Å². The Kier molecular flexibility index (Phi) is 5.16. The van der Waals surface area contributed by atoms with Gasteiger partial charge in [0.05, 0.1) is 11.6 Å². The highest BCUT2D eigenvalue weighted by Crippen LogP contribution is 2.23. The van der Waals surface area contributed by atoms with E-state index in [2.05, 4.69) is 41.0 Å². The molecule has 0 aliphatic heterocycles. The standard InChI is InChI=1S/C11H13BrN2S/c1-14(2)3-4-15-11-6-9(8-13)5-10(12)7-11/h5-7H,3-4H2,1-2H3. The fourth-order valence-electron chi connectivity index (χ4n) is 1.06. The molecule has 0 radical (unpaired) electrons. The first-order chi connectivity index (χ1) is 7.11. The van der Waals surface area contributed by atoms with Crippen molar-refractivity contribution in [2.24, 2.45) is 0 Å². The van der Waals surface area contributed by atoms with E-state index in [9.17, 15) is 0 Å². The first kappa shape index (κ1) is 12.6. The maximum absolute atomic E-state index is 8.81. The van der Waals surface area contributed by atoms with Gasteiger partial charge < -0.3 is 4.90 Å². The summed E-state index contributed by atoms with van der Waals surface area (Å²) >= 11 is 5.17. The molecule has 80 valence electrons. The lowest BCUT2D eigenvalue weighted by molar-refractivity contribution is 0.437. The summed E-state index contributed by atoms with van der Waals surface area (Å²) in [5.41, 5.74) is 0.705. The van der Waals surface area contributed by atoms with Gasteiger partial charge in [-0.15, -0.1) is 11.8 Å². The number of benzene rings is 1. The fraction of sp³-hybridized carbons (Fsp3) is 0.364. The van der Waals surface area contributed by atoms with E-state index in [0.717, 1.165) is 21.7 Å². The second-order valence-corrected chi connectivity index (χ2v) is 5.52. The van der Waals surface area contributed by atoms with Gasteiger partial charge in [0.15, 0.2) is 0 Å². The van der Waals surface area contributed by atoms with Gasteiger partial charge in [0, 0.05) is 21.7 Å². The van der Waals surface area contributed by atoms with Crippen molar-refractivity contribution in [1.82, 2.24) is 4.90 Å². The third-order valence-corrected chi connectivity index (χ3v) is 3.22. The third-order valence-electron chi connectivity index (χ3n) is 1.81. The van der Waals surface area contributed by atoms with Gasteiger partial charge in [0.2, 0.25) is 0 Å². The van der Waals surface area contributed by atoms with Crippen LogP contribution < -0.4 is 0 Å². The van der Waals surface area contributed by atoms with Crippen molar-refractivity contribution in [2.75, 3.05) is 26.4 Å². The molecule has 0 aromatic heterocycles. The van der Waals surface area contributed by atoms with E-state index in [1.54, 1.807) is 11.8 Å². The van der Waals surface area contributed by atoms with Crippen molar-refractivity contribution in [3.63, 3.8) is 0 Å². The van der Waals surface area contributed by atoms with Crippen molar-refractivity contribution < 1.29 is 0 Å². The molecule has 1 aromatic carbocycles. The molecule has 0 aliphatic carbocycles. The Morgan fingerprint density at radius 3 is 2.73 bits per heavy atom. The normalized spacial score (nSPS) is 10.3. The van der Waals surface area contributed by atoms with Crippen LogP contribution in [0, 0.1) is 11.3 Å². The third kappa shape index (κ3) is 4.70. The van der Waals surface area contributed by atoms with Crippen molar-refractivity contribution >= 4 is 27.7 Å². The molecule has 0 aliphatic rings. The first-order valence-electron chi connectivity index (χ1n) is 4.60. The summed E-state index contributed by atoms with van der Waals surface area (Å²) in [6, 6.07) is 7.95. The molecule has 0 saturated heterocycles. The second-order valence-electron chi connectivity index (χ2n) is 3.44. The Hall–Kier alpha value is -0.500. The van der Waals surface area contributed by atoms with Crippen molar-refractivity contribution in [3.05, 3.63) is 28.2 Å². The Morgan fingerprint density at radius 2 is 2.13 bits per heavy atom. The average molecular weight is 285 g/mol. The highest BCUT2D eigenvalue weighted by Gasteiger charge is 2.00. The number of rotatable bonds is 4. The highest BCUT2D eigenvalue weighted by atomic mass is 79.9. The molecule has 0 amide bonds. The van der Waals surface area contributed by atoms with Gasteiger partial charge in [-0.2, -0.15) is 5.26 Å². The summed E-state index contributed by atoms with van der Waals surface area (Å²) in [6.45, 7) is 1.04. The molecule has 0 bridgehead atoms. The summed E-state index contributed by atoms with van der Waals surface area (Å²) in [6.07, 6.45) is 0. The highest BCUT2D eigenvalue weighted by molar-refractivity contribution is 9.10. The van der Waals surface area contributed by atoms with E-state index in [4.69, 9.17) is 5.26 Å². The summed E-state index contributed by atoms with van der Waals surface area (Å²) < 4.78 is 0.967. The maximum Gasteiger partial charge on any atom is 0.0992 e. The molecule has 0 unspecified atom stereocenters.